The van der Waals surface area contributed by atoms with Crippen LogP contribution in [0.15, 0.2) is 0 Å². The molecule has 18 heavy (non-hydrogen) atoms. The zero-order valence-corrected chi connectivity index (χ0v) is 11.4. The van der Waals surface area contributed by atoms with Gasteiger partial charge in [0, 0.05) is 13.6 Å². The molecule has 0 radical (unpaired) electrons. The number of hydrogen-bond donors (Lipinski definition) is 1. The molecular formula is C11H22N6O. The lowest BCUT2D eigenvalue weighted by molar-refractivity contribution is -0.120. The van der Waals surface area contributed by atoms with Crippen molar-refractivity contribution in [3.05, 3.63) is 5.82 Å². The SMILES string of the molecule is CCN(CC)CCCNC(=O)Cc1nnnn1C. The van der Waals surface area contributed by atoms with Crippen molar-refractivity contribution < 1.29 is 4.79 Å². The van der Waals surface area contributed by atoms with Crippen molar-refractivity contribution >= 4 is 5.91 Å². The molecule has 0 saturated carbocycles. The van der Waals surface area contributed by atoms with E-state index >= 15 is 0 Å². The zero-order valence-electron chi connectivity index (χ0n) is 11.4. The van der Waals surface area contributed by atoms with E-state index in [-0.39, 0.29) is 12.3 Å². The Balaban J connectivity index is 2.16. The summed E-state index contributed by atoms with van der Waals surface area (Å²) in [6.45, 7) is 8.09. The number of aryl methyl sites for hydroxylation is 1. The summed E-state index contributed by atoms with van der Waals surface area (Å²) < 4.78 is 1.51. The molecular weight excluding hydrogens is 232 g/mol. The third kappa shape index (κ3) is 4.79. The number of amides is 1. The van der Waals surface area contributed by atoms with Gasteiger partial charge in [0.15, 0.2) is 5.82 Å². The molecule has 1 aromatic rings. The number of tetrazole rings is 1. The van der Waals surface area contributed by atoms with Gasteiger partial charge in [-0.1, -0.05) is 13.8 Å². The highest BCUT2D eigenvalue weighted by molar-refractivity contribution is 5.77. The monoisotopic (exact) mass is 254 g/mol. The maximum atomic E-state index is 11.6. The van der Waals surface area contributed by atoms with Gasteiger partial charge in [-0.3, -0.25) is 4.79 Å². The number of aromatic nitrogens is 4. The maximum Gasteiger partial charge on any atom is 0.227 e. The van der Waals surface area contributed by atoms with E-state index in [1.807, 2.05) is 0 Å². The van der Waals surface area contributed by atoms with Gasteiger partial charge >= 0.3 is 0 Å². The van der Waals surface area contributed by atoms with E-state index in [1.165, 1.54) is 4.68 Å². The van der Waals surface area contributed by atoms with Gasteiger partial charge in [0.1, 0.15) is 0 Å². The van der Waals surface area contributed by atoms with Gasteiger partial charge in [-0.15, -0.1) is 5.10 Å². The van der Waals surface area contributed by atoms with E-state index in [1.54, 1.807) is 7.05 Å². The second kappa shape index (κ2) is 7.75. The first-order valence-electron chi connectivity index (χ1n) is 6.37. The molecule has 1 N–H and O–H groups in total. The summed E-state index contributed by atoms with van der Waals surface area (Å²) in [5.74, 6) is 0.545. The molecule has 7 nitrogen and oxygen atoms in total. The third-order valence-corrected chi connectivity index (χ3v) is 2.89. The quantitative estimate of drug-likeness (QED) is 0.639. The summed E-state index contributed by atoms with van der Waals surface area (Å²) in [5.41, 5.74) is 0. The van der Waals surface area contributed by atoms with Gasteiger partial charge in [-0.05, 0) is 36.5 Å². The second-order valence-electron chi connectivity index (χ2n) is 4.13. The Labute approximate surface area is 108 Å². The van der Waals surface area contributed by atoms with Crippen molar-refractivity contribution in [1.82, 2.24) is 30.4 Å². The van der Waals surface area contributed by atoms with Crippen molar-refractivity contribution in [2.24, 2.45) is 7.05 Å². The van der Waals surface area contributed by atoms with Gasteiger partial charge in [0.05, 0.1) is 6.42 Å². The Hall–Kier alpha value is -1.50. The molecule has 0 spiro atoms. The minimum Gasteiger partial charge on any atom is -0.356 e. The molecule has 1 rings (SSSR count). The fraction of sp³-hybridized carbons (Fsp3) is 0.818. The summed E-state index contributed by atoms with van der Waals surface area (Å²) in [5, 5.41) is 13.8. The van der Waals surface area contributed by atoms with E-state index in [0.717, 1.165) is 26.1 Å². The normalized spacial score (nSPS) is 10.9. The van der Waals surface area contributed by atoms with E-state index in [4.69, 9.17) is 0 Å². The fourth-order valence-electron chi connectivity index (χ4n) is 1.67. The van der Waals surface area contributed by atoms with Gasteiger partial charge in [0.2, 0.25) is 5.91 Å². The number of carbonyl (C=O) groups excluding carboxylic acids is 1. The Bertz CT molecular complexity index is 360. The summed E-state index contributed by atoms with van der Waals surface area (Å²) >= 11 is 0. The van der Waals surface area contributed by atoms with Crippen LogP contribution >= 0.6 is 0 Å². The van der Waals surface area contributed by atoms with Crippen LogP contribution < -0.4 is 5.32 Å². The van der Waals surface area contributed by atoms with Gasteiger partial charge in [-0.2, -0.15) is 0 Å². The number of rotatable bonds is 8. The van der Waals surface area contributed by atoms with Crippen LogP contribution in [0.25, 0.3) is 0 Å². The first kappa shape index (κ1) is 14.6. The molecule has 0 unspecified atom stereocenters. The molecule has 0 fully saturated rings. The number of nitrogens with one attached hydrogen (secondary N) is 1. The molecule has 7 heteroatoms. The molecule has 0 aliphatic carbocycles. The molecule has 0 aliphatic heterocycles. The lowest BCUT2D eigenvalue weighted by Gasteiger charge is -2.17. The summed E-state index contributed by atoms with van der Waals surface area (Å²) in [7, 11) is 1.73. The molecule has 0 saturated heterocycles. The zero-order chi connectivity index (χ0) is 13.4. The van der Waals surface area contributed by atoms with E-state index < -0.39 is 0 Å². The summed E-state index contributed by atoms with van der Waals surface area (Å²) in [4.78, 5) is 13.9. The Morgan fingerprint density at radius 2 is 2.11 bits per heavy atom. The highest BCUT2D eigenvalue weighted by Crippen LogP contribution is 1.92. The summed E-state index contributed by atoms with van der Waals surface area (Å²) in [6.07, 6.45) is 1.19. The Morgan fingerprint density at radius 3 is 2.67 bits per heavy atom. The highest BCUT2D eigenvalue weighted by Gasteiger charge is 2.08. The lowest BCUT2D eigenvalue weighted by atomic mass is 10.3. The van der Waals surface area contributed by atoms with Crippen LogP contribution in [0.4, 0.5) is 0 Å². The van der Waals surface area contributed by atoms with Crippen LogP contribution in [0, 0.1) is 0 Å². The van der Waals surface area contributed by atoms with Gasteiger partial charge in [0.25, 0.3) is 0 Å². The van der Waals surface area contributed by atoms with E-state index in [0.29, 0.717) is 12.4 Å². The molecule has 1 aromatic heterocycles. The third-order valence-electron chi connectivity index (χ3n) is 2.89. The van der Waals surface area contributed by atoms with Crippen LogP contribution in [-0.2, 0) is 18.3 Å². The average Bonchev–Trinajstić information content (AvgIpc) is 2.75. The first-order valence-corrected chi connectivity index (χ1v) is 6.37. The van der Waals surface area contributed by atoms with Crippen molar-refractivity contribution in [1.29, 1.82) is 0 Å². The molecule has 0 atom stereocenters. The lowest BCUT2D eigenvalue weighted by Crippen LogP contribution is -2.31. The number of hydrogen-bond acceptors (Lipinski definition) is 5. The Morgan fingerprint density at radius 1 is 1.39 bits per heavy atom. The van der Waals surface area contributed by atoms with Gasteiger partial charge < -0.3 is 10.2 Å². The fourth-order valence-corrected chi connectivity index (χ4v) is 1.67. The van der Waals surface area contributed by atoms with E-state index in [2.05, 4.69) is 39.6 Å². The van der Waals surface area contributed by atoms with Crippen molar-refractivity contribution in [3.63, 3.8) is 0 Å². The minimum atomic E-state index is -0.0348. The van der Waals surface area contributed by atoms with Crippen LogP contribution in [0.2, 0.25) is 0 Å². The molecule has 1 heterocycles. The van der Waals surface area contributed by atoms with Crippen molar-refractivity contribution in [3.8, 4) is 0 Å². The van der Waals surface area contributed by atoms with Crippen LogP contribution in [0.5, 0.6) is 0 Å². The first-order chi connectivity index (χ1) is 8.67. The predicted molar refractivity (Wildman–Crippen MR) is 67.9 cm³/mol. The highest BCUT2D eigenvalue weighted by atomic mass is 16.1. The summed E-state index contributed by atoms with van der Waals surface area (Å²) in [6, 6.07) is 0. The second-order valence-corrected chi connectivity index (χ2v) is 4.13. The molecule has 1 amide bonds. The molecule has 0 bridgehead atoms. The topological polar surface area (TPSA) is 75.9 Å². The van der Waals surface area contributed by atoms with E-state index in [9.17, 15) is 4.79 Å². The van der Waals surface area contributed by atoms with Crippen LogP contribution in [0.1, 0.15) is 26.1 Å². The standard InChI is InChI=1S/C11H22N6O/c1-4-17(5-2)8-6-7-12-11(18)9-10-13-14-15-16(10)3/h4-9H2,1-3H3,(H,12,18). The Kier molecular flexibility index (Phi) is 6.27. The smallest absolute Gasteiger partial charge is 0.227 e. The van der Waals surface area contributed by atoms with Crippen molar-refractivity contribution in [2.75, 3.05) is 26.2 Å². The average molecular weight is 254 g/mol. The van der Waals surface area contributed by atoms with Crippen LogP contribution in [0.3, 0.4) is 0 Å². The largest absolute Gasteiger partial charge is 0.356 e. The minimum absolute atomic E-state index is 0.0348. The molecule has 102 valence electrons. The van der Waals surface area contributed by atoms with Crippen molar-refractivity contribution in [2.45, 2.75) is 26.7 Å². The molecule has 0 aromatic carbocycles. The number of nitrogens with zero attached hydrogens (tertiary/aromatic N) is 5. The maximum absolute atomic E-state index is 11.6. The molecule has 0 aliphatic rings. The van der Waals surface area contributed by atoms with Gasteiger partial charge in [-0.25, -0.2) is 4.68 Å². The number of carbonyl (C=O) groups is 1. The predicted octanol–water partition coefficient (Wildman–Crippen LogP) is -0.399. The van der Waals surface area contributed by atoms with Crippen LogP contribution in [-0.4, -0.2) is 57.2 Å².